The molecule has 0 saturated heterocycles. The van der Waals surface area contributed by atoms with E-state index >= 15 is 0 Å². The topological polar surface area (TPSA) is 117 Å². The summed E-state index contributed by atoms with van der Waals surface area (Å²) in [6.45, 7) is 10.3. The molecule has 0 aromatic carbocycles. The van der Waals surface area contributed by atoms with E-state index in [0.717, 1.165) is 0 Å². The highest BCUT2D eigenvalue weighted by molar-refractivity contribution is 5.74. The number of carbonyl (C=O) groups is 2. The van der Waals surface area contributed by atoms with E-state index in [1.165, 1.54) is 0 Å². The minimum atomic E-state index is -1.49. The maximum Gasteiger partial charge on any atom is 0.112 e. The molecule has 8 heteroatoms. The van der Waals surface area contributed by atoms with Crippen LogP contribution in [-0.4, -0.2) is 35.3 Å². The second kappa shape index (κ2) is 7.77. The van der Waals surface area contributed by atoms with Gasteiger partial charge in [0.2, 0.25) is 0 Å². The molecule has 1 saturated carbocycles. The van der Waals surface area contributed by atoms with Gasteiger partial charge < -0.3 is 19.8 Å². The van der Waals surface area contributed by atoms with Gasteiger partial charge in [-0.05, 0) is 54.4 Å². The molecule has 4 atom stereocenters. The van der Waals surface area contributed by atoms with Gasteiger partial charge in [0, 0.05) is 17.9 Å². The third-order valence-electron chi connectivity index (χ3n) is 3.32. The fraction of sp³-hybridized carbons (Fsp3) is 0.875. The molecule has 140 valence electrons. The normalized spacial score (nSPS) is 28.6. The third-order valence-corrected chi connectivity index (χ3v) is 3.32. The first-order valence-corrected chi connectivity index (χ1v) is 7.92. The van der Waals surface area contributed by atoms with E-state index in [9.17, 15) is 19.8 Å². The lowest BCUT2D eigenvalue weighted by Gasteiger charge is -2.43. The average Bonchev–Trinajstić information content (AvgIpc) is 2.39. The Bertz CT molecular complexity index is 448. The van der Waals surface area contributed by atoms with E-state index in [1.54, 1.807) is 41.5 Å². The minimum absolute atomic E-state index is 0.114. The Hall–Kier alpha value is -1.22. The van der Waals surface area contributed by atoms with Crippen LogP contribution in [0, 0.1) is 11.8 Å². The van der Waals surface area contributed by atoms with Crippen molar-refractivity contribution >= 4 is 11.9 Å². The van der Waals surface area contributed by atoms with E-state index in [-0.39, 0.29) is 12.8 Å². The quantitative estimate of drug-likeness (QED) is 0.477. The van der Waals surface area contributed by atoms with Gasteiger partial charge in [0.25, 0.3) is 0 Å². The number of rotatable bonds is 6. The Labute approximate surface area is 141 Å². The summed E-state index contributed by atoms with van der Waals surface area (Å²) in [7, 11) is 0. The van der Waals surface area contributed by atoms with Crippen molar-refractivity contribution in [2.24, 2.45) is 11.8 Å². The Morgan fingerprint density at radius 3 is 1.75 bits per heavy atom. The van der Waals surface area contributed by atoms with Crippen molar-refractivity contribution in [3.8, 4) is 0 Å². The van der Waals surface area contributed by atoms with Crippen LogP contribution >= 0.6 is 0 Å². The summed E-state index contributed by atoms with van der Waals surface area (Å²) in [5, 5.41) is 22.9. The third kappa shape index (κ3) is 6.35. The summed E-state index contributed by atoms with van der Waals surface area (Å²) in [5.41, 5.74) is -1.40. The van der Waals surface area contributed by atoms with Crippen LogP contribution in [0.5, 0.6) is 0 Å². The van der Waals surface area contributed by atoms with Crippen LogP contribution in [-0.2, 0) is 29.1 Å². The molecule has 0 N–H and O–H groups in total. The molecule has 0 bridgehead atoms. The Balaban J connectivity index is 2.98. The standard InChI is InChI=1S/C16H28O8/c1-15(2,3)23-21-10-8-7-9(13(17)18)12(11(10)14(19)20)22-24-16(4,5)6/h9-12H,7-8H2,1-6H3,(H,17,18)(H,19,20)/p-2. The Kier molecular flexibility index (Phi) is 6.75. The van der Waals surface area contributed by atoms with Crippen LogP contribution in [0.25, 0.3) is 0 Å². The molecule has 1 fully saturated rings. The predicted octanol–water partition coefficient (Wildman–Crippen LogP) is -0.257. The zero-order valence-electron chi connectivity index (χ0n) is 15.0. The van der Waals surface area contributed by atoms with Crippen LogP contribution in [0.3, 0.4) is 0 Å². The second-order valence-electron chi connectivity index (χ2n) is 7.93. The molecule has 0 amide bonds. The largest absolute Gasteiger partial charge is 0.550 e. The van der Waals surface area contributed by atoms with E-state index in [1.807, 2.05) is 0 Å². The Morgan fingerprint density at radius 2 is 1.33 bits per heavy atom. The molecule has 4 unspecified atom stereocenters. The van der Waals surface area contributed by atoms with E-state index in [4.69, 9.17) is 19.6 Å². The summed E-state index contributed by atoms with van der Waals surface area (Å²) in [4.78, 5) is 43.7. The van der Waals surface area contributed by atoms with E-state index < -0.39 is 47.2 Å². The molecule has 0 aromatic heterocycles. The number of aliphatic carboxylic acids is 2. The predicted molar refractivity (Wildman–Crippen MR) is 77.7 cm³/mol. The molecule has 1 aliphatic carbocycles. The first-order chi connectivity index (χ1) is 10.8. The molecule has 1 rings (SSSR count). The van der Waals surface area contributed by atoms with E-state index in [0.29, 0.717) is 0 Å². The molecule has 0 aliphatic heterocycles. The Morgan fingerprint density at radius 1 is 0.833 bits per heavy atom. The minimum Gasteiger partial charge on any atom is -0.550 e. The smallest absolute Gasteiger partial charge is 0.112 e. The van der Waals surface area contributed by atoms with Gasteiger partial charge in [-0.1, -0.05) is 0 Å². The van der Waals surface area contributed by atoms with Crippen molar-refractivity contribution < 1.29 is 39.4 Å². The van der Waals surface area contributed by atoms with E-state index in [2.05, 4.69) is 0 Å². The van der Waals surface area contributed by atoms with Crippen LogP contribution in [0.15, 0.2) is 0 Å². The summed E-state index contributed by atoms with van der Waals surface area (Å²) in [5.74, 6) is -5.42. The lowest BCUT2D eigenvalue weighted by atomic mass is 9.77. The zero-order chi connectivity index (χ0) is 18.7. The summed E-state index contributed by atoms with van der Waals surface area (Å²) >= 11 is 0. The van der Waals surface area contributed by atoms with Gasteiger partial charge in [0.1, 0.15) is 12.2 Å². The van der Waals surface area contributed by atoms with Gasteiger partial charge in [0.15, 0.2) is 0 Å². The molecule has 0 radical (unpaired) electrons. The van der Waals surface area contributed by atoms with Gasteiger partial charge in [-0.25, -0.2) is 19.6 Å². The highest BCUT2D eigenvalue weighted by atomic mass is 17.2. The maximum absolute atomic E-state index is 11.6. The van der Waals surface area contributed by atoms with Crippen molar-refractivity contribution in [3.63, 3.8) is 0 Å². The molecule has 1 aliphatic rings. The first kappa shape index (κ1) is 20.8. The van der Waals surface area contributed by atoms with Gasteiger partial charge >= 0.3 is 0 Å². The highest BCUT2D eigenvalue weighted by Gasteiger charge is 2.45. The average molecular weight is 346 g/mol. The fourth-order valence-corrected chi connectivity index (χ4v) is 2.33. The van der Waals surface area contributed by atoms with Crippen LogP contribution in [0.1, 0.15) is 54.4 Å². The number of hydrogen-bond acceptors (Lipinski definition) is 8. The molecule has 8 nitrogen and oxygen atoms in total. The van der Waals surface area contributed by atoms with Crippen LogP contribution < -0.4 is 10.2 Å². The monoisotopic (exact) mass is 346 g/mol. The molecule has 0 spiro atoms. The van der Waals surface area contributed by atoms with Gasteiger partial charge in [0.05, 0.1) is 17.1 Å². The van der Waals surface area contributed by atoms with Crippen molar-refractivity contribution in [2.45, 2.75) is 77.8 Å². The number of hydrogen-bond donors (Lipinski definition) is 0. The lowest BCUT2D eigenvalue weighted by molar-refractivity contribution is -0.429. The molecule has 0 aromatic rings. The van der Waals surface area contributed by atoms with Crippen molar-refractivity contribution in [1.29, 1.82) is 0 Å². The number of carbonyl (C=O) groups excluding carboxylic acids is 2. The second-order valence-corrected chi connectivity index (χ2v) is 7.93. The molecular weight excluding hydrogens is 320 g/mol. The number of carboxylic acid groups (broad SMARTS) is 2. The van der Waals surface area contributed by atoms with Gasteiger partial charge in [-0.3, -0.25) is 0 Å². The van der Waals surface area contributed by atoms with Gasteiger partial charge in [-0.15, -0.1) is 0 Å². The summed E-state index contributed by atoms with van der Waals surface area (Å²) < 4.78 is 0. The lowest BCUT2D eigenvalue weighted by Crippen LogP contribution is -2.57. The maximum atomic E-state index is 11.6. The fourth-order valence-electron chi connectivity index (χ4n) is 2.33. The van der Waals surface area contributed by atoms with Gasteiger partial charge in [-0.2, -0.15) is 0 Å². The highest BCUT2D eigenvalue weighted by Crippen LogP contribution is 2.35. The van der Waals surface area contributed by atoms with Crippen molar-refractivity contribution in [2.75, 3.05) is 0 Å². The molecular formula is C16H26O8-2. The SMILES string of the molecule is CC(C)(C)OOC1CCC(C(=O)[O-])C(OOC(C)(C)C)C1C(=O)[O-]. The van der Waals surface area contributed by atoms with Crippen molar-refractivity contribution in [3.05, 3.63) is 0 Å². The van der Waals surface area contributed by atoms with Crippen LogP contribution in [0.2, 0.25) is 0 Å². The molecule has 0 heterocycles. The number of carboxylic acids is 2. The molecule has 24 heavy (non-hydrogen) atoms. The zero-order valence-corrected chi connectivity index (χ0v) is 15.0. The summed E-state index contributed by atoms with van der Waals surface area (Å²) in [6.07, 6.45) is -1.95. The van der Waals surface area contributed by atoms with Crippen LogP contribution in [0.4, 0.5) is 0 Å². The first-order valence-electron chi connectivity index (χ1n) is 7.92. The van der Waals surface area contributed by atoms with Crippen molar-refractivity contribution in [1.82, 2.24) is 0 Å². The summed E-state index contributed by atoms with van der Waals surface area (Å²) in [6, 6.07) is 0.